The van der Waals surface area contributed by atoms with Crippen LogP contribution in [0.3, 0.4) is 0 Å². The van der Waals surface area contributed by atoms with Crippen LogP contribution in [0.4, 0.5) is 0 Å². The molecular formula is C29H29NP2. The van der Waals surface area contributed by atoms with Crippen molar-refractivity contribution < 1.29 is 0 Å². The van der Waals surface area contributed by atoms with E-state index < -0.39 is 0 Å². The third-order valence-electron chi connectivity index (χ3n) is 6.17. The first-order chi connectivity index (χ1) is 15.9. The monoisotopic (exact) mass is 453 g/mol. The minimum absolute atomic E-state index is 0.364. The van der Waals surface area contributed by atoms with Gasteiger partial charge in [-0.05, 0) is 49.6 Å². The Kier molecular flexibility index (Phi) is 7.10. The first-order valence-electron chi connectivity index (χ1n) is 11.4. The van der Waals surface area contributed by atoms with Crippen molar-refractivity contribution in [2.45, 2.75) is 18.1 Å². The number of hydrogen-bond acceptors (Lipinski definition) is 1. The van der Waals surface area contributed by atoms with Crippen molar-refractivity contribution in [1.82, 2.24) is 5.32 Å². The number of rotatable bonds is 7. The minimum Gasteiger partial charge on any atom is -0.313 e. The number of hydrogen-bond donors (Lipinski definition) is 1. The highest BCUT2D eigenvalue weighted by Gasteiger charge is 2.33. The largest absolute Gasteiger partial charge is 0.313 e. The van der Waals surface area contributed by atoms with E-state index in [9.17, 15) is 0 Å². The Morgan fingerprint density at radius 2 is 0.969 bits per heavy atom. The van der Waals surface area contributed by atoms with Gasteiger partial charge in [-0.15, -0.1) is 0 Å². The normalized spacial score (nSPS) is 18.3. The van der Waals surface area contributed by atoms with Gasteiger partial charge in [-0.3, -0.25) is 0 Å². The van der Waals surface area contributed by atoms with Gasteiger partial charge in [0.2, 0.25) is 0 Å². The van der Waals surface area contributed by atoms with Gasteiger partial charge in [-0.1, -0.05) is 121 Å². The Hall–Kier alpha value is -2.30. The van der Waals surface area contributed by atoms with Crippen LogP contribution in [0.1, 0.15) is 6.42 Å². The Morgan fingerprint density at radius 3 is 1.41 bits per heavy atom. The molecule has 5 rings (SSSR count). The quantitative estimate of drug-likeness (QED) is 0.389. The predicted molar refractivity (Wildman–Crippen MR) is 143 cm³/mol. The smallest absolute Gasteiger partial charge is 0.0119 e. The third kappa shape index (κ3) is 5.02. The molecule has 0 radical (unpaired) electrons. The lowest BCUT2D eigenvalue weighted by Crippen LogP contribution is -2.28. The van der Waals surface area contributed by atoms with E-state index in [2.05, 4.69) is 127 Å². The molecule has 1 N–H and O–H groups in total. The zero-order valence-electron chi connectivity index (χ0n) is 18.2. The van der Waals surface area contributed by atoms with Gasteiger partial charge in [0.15, 0.2) is 0 Å². The van der Waals surface area contributed by atoms with Gasteiger partial charge in [0, 0.05) is 18.2 Å². The highest BCUT2D eigenvalue weighted by Crippen LogP contribution is 2.45. The van der Waals surface area contributed by atoms with Crippen molar-refractivity contribution in [2.75, 3.05) is 12.7 Å². The van der Waals surface area contributed by atoms with Crippen LogP contribution in [0, 0.1) is 0 Å². The summed E-state index contributed by atoms with van der Waals surface area (Å²) in [4.78, 5) is 0. The molecule has 1 aliphatic heterocycles. The lowest BCUT2D eigenvalue weighted by atomic mass is 10.2. The molecule has 2 atom stereocenters. The standard InChI is InChI=1S/C29H29NP2/c1-5-13-25(14-6-1)31(26-15-7-2-8-16-26)23-24-21-29(22-30-24)32(27-17-9-3-10-18-27)28-19-11-4-12-20-28/h1-20,24,29-30H,21-23H2/t24-,29?/m1/s1. The molecule has 1 fully saturated rings. The molecule has 160 valence electrons. The Bertz CT molecular complexity index is 1010. The van der Waals surface area contributed by atoms with Crippen LogP contribution >= 0.6 is 15.8 Å². The maximum Gasteiger partial charge on any atom is 0.0119 e. The van der Waals surface area contributed by atoms with E-state index in [1.54, 1.807) is 0 Å². The molecule has 1 nitrogen and oxygen atoms in total. The Balaban J connectivity index is 1.38. The maximum atomic E-state index is 3.93. The summed E-state index contributed by atoms with van der Waals surface area (Å²) in [5.41, 5.74) is 0.670. The van der Waals surface area contributed by atoms with Crippen LogP contribution in [0.15, 0.2) is 121 Å². The average Bonchev–Trinajstić information content (AvgIpc) is 3.33. The van der Waals surface area contributed by atoms with E-state index in [1.807, 2.05) is 0 Å². The fourth-order valence-corrected chi connectivity index (χ4v) is 10.1. The van der Waals surface area contributed by atoms with Crippen LogP contribution in [-0.2, 0) is 0 Å². The van der Waals surface area contributed by atoms with Crippen molar-refractivity contribution >= 4 is 37.1 Å². The molecule has 0 amide bonds. The highest BCUT2D eigenvalue weighted by atomic mass is 31.1. The molecular weight excluding hydrogens is 424 g/mol. The summed E-state index contributed by atoms with van der Waals surface area (Å²) in [6.07, 6.45) is 2.45. The summed E-state index contributed by atoms with van der Waals surface area (Å²) in [6.45, 7) is 1.10. The van der Waals surface area contributed by atoms with Crippen molar-refractivity contribution in [2.24, 2.45) is 0 Å². The second kappa shape index (κ2) is 10.5. The minimum atomic E-state index is -0.367. The van der Waals surface area contributed by atoms with Crippen LogP contribution in [-0.4, -0.2) is 24.4 Å². The molecule has 1 unspecified atom stereocenters. The van der Waals surface area contributed by atoms with Gasteiger partial charge >= 0.3 is 0 Å². The molecule has 4 aromatic rings. The van der Waals surface area contributed by atoms with E-state index in [0.29, 0.717) is 11.7 Å². The average molecular weight is 454 g/mol. The Labute approximate surface area is 194 Å². The Morgan fingerprint density at radius 1 is 0.562 bits per heavy atom. The summed E-state index contributed by atoms with van der Waals surface area (Å²) in [5, 5.41) is 9.88. The van der Waals surface area contributed by atoms with Gasteiger partial charge in [-0.2, -0.15) is 0 Å². The molecule has 0 saturated carbocycles. The molecule has 0 aromatic heterocycles. The lowest BCUT2D eigenvalue weighted by molar-refractivity contribution is 0.672. The van der Waals surface area contributed by atoms with Gasteiger partial charge in [0.05, 0.1) is 0 Å². The third-order valence-corrected chi connectivity index (χ3v) is 11.7. The first kappa shape index (κ1) is 21.5. The second-order valence-electron chi connectivity index (χ2n) is 8.32. The van der Waals surface area contributed by atoms with Gasteiger partial charge in [0.25, 0.3) is 0 Å². The van der Waals surface area contributed by atoms with Gasteiger partial charge in [-0.25, -0.2) is 0 Å². The van der Waals surface area contributed by atoms with Crippen LogP contribution in [0.5, 0.6) is 0 Å². The SMILES string of the molecule is c1ccc(P(C[C@H]2CC(P(c3ccccc3)c3ccccc3)CN2)c2ccccc2)cc1. The van der Waals surface area contributed by atoms with Gasteiger partial charge < -0.3 is 5.32 Å². The molecule has 1 aliphatic rings. The molecule has 0 spiro atoms. The number of nitrogens with one attached hydrogen (secondary N) is 1. The lowest BCUT2D eigenvalue weighted by Gasteiger charge is -2.26. The molecule has 32 heavy (non-hydrogen) atoms. The second-order valence-corrected chi connectivity index (χ2v) is 13.1. The van der Waals surface area contributed by atoms with Crippen LogP contribution < -0.4 is 26.5 Å². The molecule has 0 bridgehead atoms. The predicted octanol–water partition coefficient (Wildman–Crippen LogP) is 4.98. The fourth-order valence-electron chi connectivity index (χ4n) is 4.68. The topological polar surface area (TPSA) is 12.0 Å². The highest BCUT2D eigenvalue weighted by molar-refractivity contribution is 7.74. The maximum absolute atomic E-state index is 3.93. The van der Waals surface area contributed by atoms with Crippen molar-refractivity contribution in [3.63, 3.8) is 0 Å². The van der Waals surface area contributed by atoms with Crippen molar-refractivity contribution in [1.29, 1.82) is 0 Å². The molecule has 1 saturated heterocycles. The molecule has 4 aromatic carbocycles. The summed E-state index contributed by atoms with van der Waals surface area (Å²) in [5.74, 6) is 0. The fraction of sp³-hybridized carbons (Fsp3) is 0.172. The molecule has 3 heteroatoms. The van der Waals surface area contributed by atoms with Gasteiger partial charge in [0.1, 0.15) is 0 Å². The first-order valence-corrected chi connectivity index (χ1v) is 14.3. The zero-order valence-corrected chi connectivity index (χ0v) is 20.0. The van der Waals surface area contributed by atoms with E-state index in [4.69, 9.17) is 0 Å². The van der Waals surface area contributed by atoms with E-state index in [-0.39, 0.29) is 15.8 Å². The van der Waals surface area contributed by atoms with E-state index in [1.165, 1.54) is 33.8 Å². The van der Waals surface area contributed by atoms with Crippen molar-refractivity contribution in [3.05, 3.63) is 121 Å². The molecule has 0 aliphatic carbocycles. The van der Waals surface area contributed by atoms with Crippen LogP contribution in [0.2, 0.25) is 0 Å². The zero-order chi connectivity index (χ0) is 21.6. The van der Waals surface area contributed by atoms with E-state index >= 15 is 0 Å². The molecule has 1 heterocycles. The summed E-state index contributed by atoms with van der Waals surface area (Å²) in [7, 11) is -0.731. The summed E-state index contributed by atoms with van der Waals surface area (Å²) < 4.78 is 0. The van der Waals surface area contributed by atoms with E-state index in [0.717, 1.165) is 6.54 Å². The summed E-state index contributed by atoms with van der Waals surface area (Å²) in [6, 6.07) is 45.1. The van der Waals surface area contributed by atoms with Crippen molar-refractivity contribution in [3.8, 4) is 0 Å². The number of benzene rings is 4. The summed E-state index contributed by atoms with van der Waals surface area (Å²) >= 11 is 0. The van der Waals surface area contributed by atoms with Crippen LogP contribution in [0.25, 0.3) is 0 Å².